The van der Waals surface area contributed by atoms with E-state index < -0.39 is 0 Å². The van der Waals surface area contributed by atoms with Crippen LogP contribution in [0.4, 0.5) is 0 Å². The lowest BCUT2D eigenvalue weighted by Gasteiger charge is -2.02. The van der Waals surface area contributed by atoms with Gasteiger partial charge < -0.3 is 14.8 Å². The summed E-state index contributed by atoms with van der Waals surface area (Å²) in [5.74, 6) is 0.888. The molecule has 0 saturated carbocycles. The van der Waals surface area contributed by atoms with Crippen LogP contribution < -0.4 is 5.32 Å². The fraction of sp³-hybridized carbons (Fsp3) is 0.714. The molecule has 0 bridgehead atoms. The molecule has 1 rings (SSSR count). The maximum atomic E-state index is 5.10. The molecule has 0 unspecified atom stereocenters. The summed E-state index contributed by atoms with van der Waals surface area (Å²) in [5.41, 5.74) is 0. The second-order valence-electron chi connectivity index (χ2n) is 2.23. The molecule has 0 spiro atoms. The Hall–Kier alpha value is -0.220. The first-order valence-corrected chi connectivity index (χ1v) is 4.76. The summed E-state index contributed by atoms with van der Waals surface area (Å²) in [6.45, 7) is 2.15. The summed E-state index contributed by atoms with van der Waals surface area (Å²) in [6, 6.07) is 0. The van der Waals surface area contributed by atoms with Crippen molar-refractivity contribution in [3.63, 3.8) is 0 Å². The smallest absolute Gasteiger partial charge is 0.229 e. The van der Waals surface area contributed by atoms with Crippen molar-refractivity contribution in [2.24, 2.45) is 0 Å². The molecule has 0 aliphatic carbocycles. The fourth-order valence-corrected chi connectivity index (χ4v) is 1.05. The van der Waals surface area contributed by atoms with E-state index in [2.05, 4.69) is 21.2 Å². The average Bonchev–Trinajstić information content (AvgIpc) is 2.50. The highest BCUT2D eigenvalue weighted by molar-refractivity contribution is 9.09. The van der Waals surface area contributed by atoms with Crippen LogP contribution in [-0.2, 0) is 9.47 Å². The maximum Gasteiger partial charge on any atom is 0.229 e. The van der Waals surface area contributed by atoms with Gasteiger partial charge in [0.15, 0.2) is 0 Å². The molecule has 0 radical (unpaired) electrons. The van der Waals surface area contributed by atoms with Crippen LogP contribution in [0.2, 0.25) is 0 Å². The quantitative estimate of drug-likeness (QED) is 0.560. The van der Waals surface area contributed by atoms with E-state index in [4.69, 9.17) is 9.47 Å². The molecule has 0 aromatic carbocycles. The highest BCUT2D eigenvalue weighted by atomic mass is 79.9. The number of hydrogen-bond acceptors (Lipinski definition) is 3. The lowest BCUT2D eigenvalue weighted by molar-refractivity contribution is 0.0789. The van der Waals surface area contributed by atoms with Crippen LogP contribution in [0.25, 0.3) is 0 Å². The molecule has 0 fully saturated rings. The van der Waals surface area contributed by atoms with Crippen molar-refractivity contribution in [1.29, 1.82) is 0 Å². The van der Waals surface area contributed by atoms with Crippen LogP contribution in [0, 0.1) is 0 Å². The van der Waals surface area contributed by atoms with Gasteiger partial charge in [-0.1, -0.05) is 15.9 Å². The van der Waals surface area contributed by atoms with Crippen molar-refractivity contribution < 1.29 is 9.47 Å². The van der Waals surface area contributed by atoms with E-state index in [9.17, 15) is 0 Å². The zero-order valence-corrected chi connectivity index (χ0v) is 7.89. The largest absolute Gasteiger partial charge is 0.462 e. The van der Waals surface area contributed by atoms with Gasteiger partial charge in [-0.25, -0.2) is 0 Å². The number of hydrogen-bond donors (Lipinski definition) is 1. The number of alkyl halides is 1. The van der Waals surface area contributed by atoms with E-state index in [1.807, 2.05) is 0 Å². The molecule has 0 aromatic heterocycles. The number of halogens is 1. The van der Waals surface area contributed by atoms with E-state index in [0.29, 0.717) is 6.79 Å². The van der Waals surface area contributed by atoms with Crippen LogP contribution in [0.5, 0.6) is 0 Å². The molecule has 1 heterocycles. The third-order valence-electron chi connectivity index (χ3n) is 1.31. The summed E-state index contributed by atoms with van der Waals surface area (Å²) in [7, 11) is 0. The Balaban J connectivity index is 1.94. The van der Waals surface area contributed by atoms with Gasteiger partial charge in [0, 0.05) is 5.33 Å². The van der Waals surface area contributed by atoms with Crippen molar-refractivity contribution in [3.8, 4) is 0 Å². The lowest BCUT2D eigenvalue weighted by atomic mass is 10.4. The summed E-state index contributed by atoms with van der Waals surface area (Å²) in [4.78, 5) is 0. The van der Waals surface area contributed by atoms with Crippen LogP contribution in [-0.4, -0.2) is 25.2 Å². The average molecular weight is 222 g/mol. The monoisotopic (exact) mass is 221 g/mol. The van der Waals surface area contributed by atoms with Gasteiger partial charge in [0.2, 0.25) is 6.79 Å². The molecule has 0 amide bonds. The Morgan fingerprint density at radius 1 is 1.64 bits per heavy atom. The molecule has 64 valence electrons. The minimum Gasteiger partial charge on any atom is -0.462 e. The highest BCUT2D eigenvalue weighted by Gasteiger charge is 2.03. The third-order valence-corrected chi connectivity index (χ3v) is 1.87. The predicted octanol–water partition coefficient (Wildman–Crippen LogP) is 1.21. The van der Waals surface area contributed by atoms with Crippen LogP contribution in [0.15, 0.2) is 12.0 Å². The van der Waals surface area contributed by atoms with Gasteiger partial charge in [-0.15, -0.1) is 0 Å². The number of rotatable bonds is 5. The Morgan fingerprint density at radius 3 is 3.18 bits per heavy atom. The summed E-state index contributed by atoms with van der Waals surface area (Å²) < 4.78 is 9.98. The van der Waals surface area contributed by atoms with Crippen molar-refractivity contribution in [3.05, 3.63) is 12.0 Å². The van der Waals surface area contributed by atoms with Crippen LogP contribution in [0.3, 0.4) is 0 Å². The second kappa shape index (κ2) is 5.43. The fourth-order valence-electron chi connectivity index (χ4n) is 0.767. The Labute approximate surface area is 74.9 Å². The van der Waals surface area contributed by atoms with Gasteiger partial charge in [0.1, 0.15) is 12.0 Å². The summed E-state index contributed by atoms with van der Waals surface area (Å²) in [6.07, 6.45) is 2.79. The molecule has 1 aliphatic rings. The molecular weight excluding hydrogens is 210 g/mol. The molecule has 1 aliphatic heterocycles. The Bertz CT molecular complexity index is 138. The minimum absolute atomic E-state index is 0.370. The molecule has 0 aromatic rings. The van der Waals surface area contributed by atoms with Crippen molar-refractivity contribution >= 4 is 15.9 Å². The van der Waals surface area contributed by atoms with Gasteiger partial charge in [-0.2, -0.15) is 0 Å². The van der Waals surface area contributed by atoms with E-state index >= 15 is 0 Å². The van der Waals surface area contributed by atoms with E-state index in [1.54, 1.807) is 6.26 Å². The SMILES string of the molecule is BrCCCNCC1=COCO1. The van der Waals surface area contributed by atoms with E-state index in [0.717, 1.165) is 30.6 Å². The molecule has 11 heavy (non-hydrogen) atoms. The predicted molar refractivity (Wildman–Crippen MR) is 46.4 cm³/mol. The number of ether oxygens (including phenoxy) is 2. The van der Waals surface area contributed by atoms with Crippen LogP contribution in [0.1, 0.15) is 6.42 Å². The van der Waals surface area contributed by atoms with Gasteiger partial charge >= 0.3 is 0 Å². The third kappa shape index (κ3) is 3.62. The van der Waals surface area contributed by atoms with E-state index in [1.165, 1.54) is 0 Å². The van der Waals surface area contributed by atoms with Gasteiger partial charge in [0.25, 0.3) is 0 Å². The van der Waals surface area contributed by atoms with Gasteiger partial charge in [-0.05, 0) is 13.0 Å². The molecule has 1 N–H and O–H groups in total. The highest BCUT2D eigenvalue weighted by Crippen LogP contribution is 2.03. The van der Waals surface area contributed by atoms with Crippen molar-refractivity contribution in [1.82, 2.24) is 5.32 Å². The van der Waals surface area contributed by atoms with Crippen LogP contribution >= 0.6 is 15.9 Å². The molecule has 3 nitrogen and oxygen atoms in total. The second-order valence-corrected chi connectivity index (χ2v) is 3.03. The first-order chi connectivity index (χ1) is 5.43. The Morgan fingerprint density at radius 2 is 2.55 bits per heavy atom. The standard InChI is InChI=1S/C7H12BrNO2/c8-2-1-3-9-4-7-5-10-6-11-7/h5,9H,1-4,6H2. The van der Waals surface area contributed by atoms with E-state index in [-0.39, 0.29) is 0 Å². The molecule has 4 heteroatoms. The zero-order chi connectivity index (χ0) is 7.94. The summed E-state index contributed by atoms with van der Waals surface area (Å²) >= 11 is 3.35. The normalized spacial score (nSPS) is 15.5. The van der Waals surface area contributed by atoms with Gasteiger partial charge in [0.05, 0.1) is 6.54 Å². The maximum absolute atomic E-state index is 5.10. The Kier molecular flexibility index (Phi) is 4.38. The minimum atomic E-state index is 0.370. The zero-order valence-electron chi connectivity index (χ0n) is 6.31. The first-order valence-electron chi connectivity index (χ1n) is 3.63. The topological polar surface area (TPSA) is 30.5 Å². The lowest BCUT2D eigenvalue weighted by Crippen LogP contribution is -2.18. The van der Waals surface area contributed by atoms with Gasteiger partial charge in [-0.3, -0.25) is 0 Å². The molecule has 0 atom stereocenters. The van der Waals surface area contributed by atoms with Crippen molar-refractivity contribution in [2.75, 3.05) is 25.2 Å². The number of nitrogens with one attached hydrogen (secondary N) is 1. The first kappa shape index (κ1) is 8.87. The molecule has 0 saturated heterocycles. The molecular formula is C7H12BrNO2. The van der Waals surface area contributed by atoms with Crippen molar-refractivity contribution in [2.45, 2.75) is 6.42 Å². The summed E-state index contributed by atoms with van der Waals surface area (Å²) in [5, 5.41) is 4.26.